The van der Waals surface area contributed by atoms with E-state index in [1.54, 1.807) is 6.92 Å². The van der Waals surface area contributed by atoms with E-state index in [1.807, 2.05) is 0 Å². The molecule has 11 heteroatoms. The number of carbonyl (C=O) groups excluding carboxylic acids is 1. The van der Waals surface area contributed by atoms with Crippen LogP contribution in [-0.4, -0.2) is 33.9 Å². The average molecular weight is 355 g/mol. The van der Waals surface area contributed by atoms with Crippen LogP contribution in [0.1, 0.15) is 5.56 Å². The smallest absolute Gasteiger partial charge is 0.311 e. The highest BCUT2D eigenvalue weighted by Crippen LogP contribution is 2.33. The molecule has 1 aromatic carbocycles. The van der Waals surface area contributed by atoms with Gasteiger partial charge in [-0.05, 0) is 12.5 Å². The summed E-state index contributed by atoms with van der Waals surface area (Å²) in [5, 5.41) is 21.4. The molecule has 0 atom stereocenters. The van der Waals surface area contributed by atoms with Crippen LogP contribution < -0.4 is 15.8 Å². The molecule has 0 saturated carbocycles. The van der Waals surface area contributed by atoms with Crippen molar-refractivity contribution < 1.29 is 14.5 Å². The number of anilines is 2. The number of nitro groups is 1. The number of aryl methyl sites for hydroxylation is 1. The quantitative estimate of drug-likeness (QED) is 0.457. The van der Waals surface area contributed by atoms with Gasteiger partial charge >= 0.3 is 5.69 Å². The van der Waals surface area contributed by atoms with E-state index in [0.29, 0.717) is 20.7 Å². The predicted octanol–water partition coefficient (Wildman–Crippen LogP) is 2.08. The minimum Gasteiger partial charge on any atom is -0.490 e. The van der Waals surface area contributed by atoms with E-state index in [4.69, 9.17) is 10.5 Å². The number of methoxy groups -OCH3 is 1. The first-order valence-electron chi connectivity index (χ1n) is 6.25. The SMILES string of the molecule is COc1cc(NC(=O)CSc2nnc(N)s2)c(C)cc1[N+](=O)[O-]. The van der Waals surface area contributed by atoms with Crippen LogP contribution >= 0.6 is 23.1 Å². The van der Waals surface area contributed by atoms with Crippen molar-refractivity contribution in [2.24, 2.45) is 0 Å². The van der Waals surface area contributed by atoms with Crippen molar-refractivity contribution in [2.75, 3.05) is 23.9 Å². The fraction of sp³-hybridized carbons (Fsp3) is 0.250. The molecule has 0 fully saturated rings. The highest BCUT2D eigenvalue weighted by molar-refractivity contribution is 8.01. The fourth-order valence-corrected chi connectivity index (χ4v) is 3.14. The van der Waals surface area contributed by atoms with Crippen LogP contribution in [0.25, 0.3) is 0 Å². The minimum atomic E-state index is -0.535. The van der Waals surface area contributed by atoms with E-state index >= 15 is 0 Å². The number of hydrogen-bond donors (Lipinski definition) is 2. The van der Waals surface area contributed by atoms with Gasteiger partial charge in [0.15, 0.2) is 10.1 Å². The lowest BCUT2D eigenvalue weighted by Crippen LogP contribution is -2.15. The highest BCUT2D eigenvalue weighted by Gasteiger charge is 2.18. The van der Waals surface area contributed by atoms with Gasteiger partial charge in [0, 0.05) is 17.8 Å². The zero-order valence-corrected chi connectivity index (χ0v) is 13.9. The summed E-state index contributed by atoms with van der Waals surface area (Å²) >= 11 is 2.40. The number of nitrogen functional groups attached to an aromatic ring is 1. The number of nitrogens with one attached hydrogen (secondary N) is 1. The van der Waals surface area contributed by atoms with Crippen molar-refractivity contribution >= 4 is 45.5 Å². The van der Waals surface area contributed by atoms with Crippen molar-refractivity contribution in [3.63, 3.8) is 0 Å². The van der Waals surface area contributed by atoms with E-state index in [-0.39, 0.29) is 23.1 Å². The van der Waals surface area contributed by atoms with Crippen LogP contribution in [0.2, 0.25) is 0 Å². The Morgan fingerprint density at radius 3 is 2.83 bits per heavy atom. The molecule has 0 radical (unpaired) electrons. The summed E-state index contributed by atoms with van der Waals surface area (Å²) in [5.74, 6) is -0.0730. The molecule has 23 heavy (non-hydrogen) atoms. The number of nitrogens with zero attached hydrogens (tertiary/aromatic N) is 3. The molecule has 2 aromatic rings. The Morgan fingerprint density at radius 2 is 2.26 bits per heavy atom. The van der Waals surface area contributed by atoms with Gasteiger partial charge in [0.1, 0.15) is 0 Å². The van der Waals surface area contributed by atoms with E-state index in [2.05, 4.69) is 15.5 Å². The number of aromatic nitrogens is 2. The Balaban J connectivity index is 2.06. The van der Waals surface area contributed by atoms with Crippen molar-refractivity contribution in [2.45, 2.75) is 11.3 Å². The normalized spacial score (nSPS) is 10.3. The topological polar surface area (TPSA) is 133 Å². The standard InChI is InChI=1S/C12H13N5O4S2/c1-6-3-8(17(19)20)9(21-2)4-7(6)14-10(18)5-22-12-16-15-11(13)23-12/h3-4H,5H2,1-2H3,(H2,13,15)(H,14,18). The molecule has 2 rings (SSSR count). The second-order valence-corrected chi connectivity index (χ2v) is 6.57. The van der Waals surface area contributed by atoms with Crippen molar-refractivity contribution in [1.82, 2.24) is 10.2 Å². The molecule has 0 aliphatic rings. The summed E-state index contributed by atoms with van der Waals surface area (Å²) in [6, 6.07) is 2.78. The molecule has 9 nitrogen and oxygen atoms in total. The first kappa shape index (κ1) is 17.0. The molecule has 0 bridgehead atoms. The summed E-state index contributed by atoms with van der Waals surface area (Å²) in [5.41, 5.74) is 6.33. The molecule has 0 saturated heterocycles. The number of amides is 1. The van der Waals surface area contributed by atoms with Gasteiger partial charge in [0.25, 0.3) is 0 Å². The Hall–Kier alpha value is -2.40. The number of rotatable bonds is 6. The summed E-state index contributed by atoms with van der Waals surface area (Å²) in [4.78, 5) is 22.4. The van der Waals surface area contributed by atoms with E-state index in [1.165, 1.54) is 42.3 Å². The van der Waals surface area contributed by atoms with Crippen LogP contribution in [0.5, 0.6) is 5.75 Å². The highest BCUT2D eigenvalue weighted by atomic mass is 32.2. The summed E-state index contributed by atoms with van der Waals surface area (Å²) in [6.45, 7) is 1.67. The third kappa shape index (κ3) is 4.29. The number of ether oxygens (including phenoxy) is 1. The Morgan fingerprint density at radius 1 is 1.52 bits per heavy atom. The third-order valence-electron chi connectivity index (χ3n) is 2.75. The third-order valence-corrected chi connectivity index (χ3v) is 4.63. The molecular formula is C12H13N5O4S2. The first-order chi connectivity index (χ1) is 10.9. The van der Waals surface area contributed by atoms with Gasteiger partial charge in [-0.1, -0.05) is 23.1 Å². The van der Waals surface area contributed by atoms with Gasteiger partial charge in [0.05, 0.1) is 17.8 Å². The number of nitrogens with two attached hydrogens (primary N) is 1. The number of benzene rings is 1. The minimum absolute atomic E-state index is 0.0838. The number of carbonyl (C=O) groups is 1. The molecule has 1 aromatic heterocycles. The second kappa shape index (κ2) is 7.24. The zero-order chi connectivity index (χ0) is 17.0. The van der Waals surface area contributed by atoms with Crippen molar-refractivity contribution in [1.29, 1.82) is 0 Å². The molecular weight excluding hydrogens is 342 g/mol. The maximum atomic E-state index is 12.0. The Labute approximate surface area is 139 Å². The lowest BCUT2D eigenvalue weighted by Gasteiger charge is -2.10. The Kier molecular flexibility index (Phi) is 5.34. The number of hydrogen-bond acceptors (Lipinski definition) is 9. The summed E-state index contributed by atoms with van der Waals surface area (Å²) in [7, 11) is 1.33. The molecule has 0 unspecified atom stereocenters. The van der Waals surface area contributed by atoms with Crippen LogP contribution in [0.15, 0.2) is 16.5 Å². The van der Waals surface area contributed by atoms with Crippen LogP contribution in [0.3, 0.4) is 0 Å². The van der Waals surface area contributed by atoms with E-state index < -0.39 is 4.92 Å². The summed E-state index contributed by atoms with van der Waals surface area (Å²) < 4.78 is 5.58. The van der Waals surface area contributed by atoms with Gasteiger partial charge in [-0.25, -0.2) is 0 Å². The van der Waals surface area contributed by atoms with Crippen molar-refractivity contribution in [3.05, 3.63) is 27.8 Å². The van der Waals surface area contributed by atoms with E-state index in [0.717, 1.165) is 0 Å². The zero-order valence-electron chi connectivity index (χ0n) is 12.2. The molecule has 0 aliphatic heterocycles. The largest absolute Gasteiger partial charge is 0.490 e. The van der Waals surface area contributed by atoms with E-state index in [9.17, 15) is 14.9 Å². The van der Waals surface area contributed by atoms with Crippen LogP contribution in [-0.2, 0) is 4.79 Å². The number of nitro benzene ring substituents is 1. The predicted molar refractivity (Wildman–Crippen MR) is 88.1 cm³/mol. The van der Waals surface area contributed by atoms with Crippen molar-refractivity contribution in [3.8, 4) is 5.75 Å². The maximum Gasteiger partial charge on any atom is 0.311 e. The van der Waals surface area contributed by atoms with Crippen LogP contribution in [0.4, 0.5) is 16.5 Å². The lowest BCUT2D eigenvalue weighted by molar-refractivity contribution is -0.385. The van der Waals surface area contributed by atoms with Crippen LogP contribution in [0, 0.1) is 17.0 Å². The second-order valence-electron chi connectivity index (χ2n) is 4.34. The van der Waals surface area contributed by atoms with Gasteiger partial charge in [0.2, 0.25) is 11.0 Å². The summed E-state index contributed by atoms with van der Waals surface area (Å²) in [6.07, 6.45) is 0. The molecule has 0 aliphatic carbocycles. The monoisotopic (exact) mass is 355 g/mol. The molecule has 1 amide bonds. The average Bonchev–Trinajstić information content (AvgIpc) is 2.92. The van der Waals surface area contributed by atoms with Gasteiger partial charge < -0.3 is 15.8 Å². The molecule has 1 heterocycles. The Bertz CT molecular complexity index is 749. The van der Waals surface area contributed by atoms with Gasteiger partial charge in [-0.2, -0.15) is 0 Å². The molecule has 122 valence electrons. The van der Waals surface area contributed by atoms with Gasteiger partial charge in [-0.15, -0.1) is 10.2 Å². The number of thioether (sulfide) groups is 1. The maximum absolute atomic E-state index is 12.0. The lowest BCUT2D eigenvalue weighted by atomic mass is 10.1. The fourth-order valence-electron chi connectivity index (χ4n) is 1.71. The molecule has 3 N–H and O–H groups in total. The van der Waals surface area contributed by atoms with Gasteiger partial charge in [-0.3, -0.25) is 14.9 Å². The first-order valence-corrected chi connectivity index (χ1v) is 8.05. The molecule has 0 spiro atoms.